The van der Waals surface area contributed by atoms with E-state index in [4.69, 9.17) is 0 Å². The van der Waals surface area contributed by atoms with Crippen molar-refractivity contribution in [2.75, 3.05) is 0 Å². The van der Waals surface area contributed by atoms with E-state index in [-0.39, 0.29) is 49.4 Å². The number of aryl methyl sites for hydroxylation is 1. The van der Waals surface area contributed by atoms with Crippen molar-refractivity contribution >= 4 is 0 Å². The molecule has 2 aromatic rings. The summed E-state index contributed by atoms with van der Waals surface area (Å²) in [5.74, 6) is 0. The van der Waals surface area contributed by atoms with Crippen molar-refractivity contribution in [1.82, 2.24) is 0 Å². The normalized spacial score (nSPS) is 9.42. The molecule has 0 unspecified atom stereocenters. The summed E-state index contributed by atoms with van der Waals surface area (Å²) >= 11 is 0. The van der Waals surface area contributed by atoms with Crippen LogP contribution in [0.2, 0.25) is 0 Å². The van der Waals surface area contributed by atoms with Crippen LogP contribution >= 0.6 is 0 Å². The molecule has 0 aliphatic carbocycles. The molecule has 0 amide bonds. The van der Waals surface area contributed by atoms with Gasteiger partial charge in [0.15, 0.2) is 0 Å². The van der Waals surface area contributed by atoms with E-state index >= 15 is 0 Å². The summed E-state index contributed by atoms with van der Waals surface area (Å²) in [6.45, 7) is 6.69. The zero-order chi connectivity index (χ0) is 10.9. The van der Waals surface area contributed by atoms with E-state index in [1.165, 1.54) is 16.7 Å². The molecule has 0 fully saturated rings. The van der Waals surface area contributed by atoms with Crippen molar-refractivity contribution in [2.45, 2.75) is 32.6 Å². The summed E-state index contributed by atoms with van der Waals surface area (Å²) < 4.78 is 0. The predicted molar refractivity (Wildman–Crippen MR) is 83.7 cm³/mol. The van der Waals surface area contributed by atoms with Crippen molar-refractivity contribution in [3.63, 3.8) is 0 Å². The molecular weight excluding hydrogens is 264 g/mol. The second-order valence-electron chi connectivity index (χ2n) is 4.55. The quantitative estimate of drug-likeness (QED) is 0.541. The summed E-state index contributed by atoms with van der Waals surface area (Å²) in [6.07, 6.45) is 1.07. The third kappa shape index (κ3) is 4.78. The third-order valence-electron chi connectivity index (χ3n) is 3.19. The molecule has 0 saturated heterocycles. The van der Waals surface area contributed by atoms with Gasteiger partial charge in [-0.25, -0.2) is 12.1 Å². The third-order valence-corrected chi connectivity index (χ3v) is 3.19. The average molecular weight is 290 g/mol. The largest absolute Gasteiger partial charge is 2.00 e. The van der Waals surface area contributed by atoms with E-state index in [2.05, 4.69) is 63.2 Å². The Balaban J connectivity index is -0.000000640. The summed E-state index contributed by atoms with van der Waals surface area (Å²) in [5.41, 5.74) is 4.05. The van der Waals surface area contributed by atoms with E-state index in [0.717, 1.165) is 6.42 Å². The van der Waals surface area contributed by atoms with Crippen LogP contribution in [0.4, 0.5) is 0 Å². The molecular formula is C18H26Ti-4. The van der Waals surface area contributed by atoms with Crippen LogP contribution in [0.5, 0.6) is 0 Å². The van der Waals surface area contributed by atoms with E-state index < -0.39 is 0 Å². The summed E-state index contributed by atoms with van der Waals surface area (Å²) in [5, 5.41) is 0. The Morgan fingerprint density at radius 2 is 1.79 bits per heavy atom. The molecule has 0 aromatic heterocycles. The van der Waals surface area contributed by atoms with E-state index in [1.54, 1.807) is 0 Å². The van der Waals surface area contributed by atoms with Gasteiger partial charge in [0.25, 0.3) is 0 Å². The van der Waals surface area contributed by atoms with Crippen LogP contribution in [0.25, 0.3) is 0 Å². The minimum Gasteiger partial charge on any atom is -0.373 e. The molecule has 106 valence electrons. The molecule has 1 heteroatoms. The minimum atomic E-state index is 0. The molecule has 2 rings (SSSR count). The Labute approximate surface area is 135 Å². The second kappa shape index (κ2) is 9.34. The van der Waals surface area contributed by atoms with Gasteiger partial charge in [0.2, 0.25) is 0 Å². The molecule has 0 saturated carbocycles. The predicted octanol–water partition coefficient (Wildman–Crippen LogP) is 5.16. The smallest absolute Gasteiger partial charge is 0.373 e. The standard InChI is InChI=1S/C15H17.3CH3.Ti/c1-4-12-9-10-14(11-12)15(2,3)13-7-5-6-8-13;;;;/h5-10H,4H2,1-3H3;3*1H3;/q-3;3*-1;+2. The van der Waals surface area contributed by atoms with Crippen LogP contribution in [0.15, 0.2) is 36.4 Å². The van der Waals surface area contributed by atoms with Gasteiger partial charge in [-0.1, -0.05) is 32.6 Å². The monoisotopic (exact) mass is 290 g/mol. The Kier molecular flexibility index (Phi) is 11.6. The van der Waals surface area contributed by atoms with Gasteiger partial charge in [-0.2, -0.15) is 17.7 Å². The van der Waals surface area contributed by atoms with Crippen molar-refractivity contribution in [2.24, 2.45) is 0 Å². The Morgan fingerprint density at radius 1 is 1.16 bits per heavy atom. The van der Waals surface area contributed by atoms with E-state index in [0.29, 0.717) is 0 Å². The molecule has 0 atom stereocenters. The fraction of sp³-hybridized carbons (Fsp3) is 0.278. The number of rotatable bonds is 3. The van der Waals surface area contributed by atoms with Gasteiger partial charge in [-0.3, -0.25) is 5.56 Å². The maximum atomic E-state index is 3.49. The fourth-order valence-corrected chi connectivity index (χ4v) is 1.96. The Hall–Kier alpha value is -0.586. The van der Waals surface area contributed by atoms with Crippen LogP contribution in [0.1, 0.15) is 37.5 Å². The summed E-state index contributed by atoms with van der Waals surface area (Å²) in [6, 6.07) is 16.4. The van der Waals surface area contributed by atoms with Gasteiger partial charge < -0.3 is 46.0 Å². The number of hydrogen-bond donors (Lipinski definition) is 0. The van der Waals surface area contributed by atoms with Crippen LogP contribution < -0.4 is 0 Å². The zero-order valence-corrected chi connectivity index (χ0v) is 14.7. The van der Waals surface area contributed by atoms with Crippen molar-refractivity contribution in [1.29, 1.82) is 0 Å². The van der Waals surface area contributed by atoms with Gasteiger partial charge in [0, 0.05) is 0 Å². The maximum Gasteiger partial charge on any atom is 2.00 e. The first-order chi connectivity index (χ1) is 7.14. The van der Waals surface area contributed by atoms with Gasteiger partial charge in [0.1, 0.15) is 0 Å². The molecule has 0 nitrogen and oxygen atoms in total. The molecule has 0 aliphatic rings. The van der Waals surface area contributed by atoms with Crippen LogP contribution in [-0.4, -0.2) is 0 Å². The first-order valence-electron chi connectivity index (χ1n) is 5.55. The summed E-state index contributed by atoms with van der Waals surface area (Å²) in [4.78, 5) is 0. The molecule has 0 radical (unpaired) electrons. The van der Waals surface area contributed by atoms with Gasteiger partial charge in [-0.05, 0) is 0 Å². The molecule has 0 aliphatic heterocycles. The van der Waals surface area contributed by atoms with Gasteiger partial charge >= 0.3 is 21.7 Å². The molecule has 0 spiro atoms. The fourth-order valence-electron chi connectivity index (χ4n) is 1.96. The Bertz CT molecular complexity index is 418. The average Bonchev–Trinajstić information content (AvgIpc) is 2.89. The molecule has 19 heavy (non-hydrogen) atoms. The van der Waals surface area contributed by atoms with E-state index in [9.17, 15) is 0 Å². The van der Waals surface area contributed by atoms with Crippen LogP contribution in [0, 0.1) is 28.3 Å². The van der Waals surface area contributed by atoms with Gasteiger partial charge in [0.05, 0.1) is 0 Å². The van der Waals surface area contributed by atoms with E-state index in [1.807, 2.05) is 0 Å². The van der Waals surface area contributed by atoms with Crippen molar-refractivity contribution < 1.29 is 21.7 Å². The molecule has 0 N–H and O–H groups in total. The van der Waals surface area contributed by atoms with Gasteiger partial charge in [-0.15, -0.1) is 0 Å². The zero-order valence-electron chi connectivity index (χ0n) is 13.2. The second-order valence-corrected chi connectivity index (χ2v) is 4.55. The maximum absolute atomic E-state index is 3.49. The SMILES string of the molecule is CCc1[c-]c(C(C)(C)c2ccc[cH-]2)[cH-]c1.[CH3-].[CH3-].[CH3-].[Ti+2]. The van der Waals surface area contributed by atoms with Crippen LogP contribution in [0.3, 0.4) is 0 Å². The molecule has 2 aromatic carbocycles. The summed E-state index contributed by atoms with van der Waals surface area (Å²) in [7, 11) is 0. The first kappa shape index (κ1) is 23.5. The van der Waals surface area contributed by atoms with Crippen molar-refractivity contribution in [3.05, 3.63) is 81.4 Å². The van der Waals surface area contributed by atoms with Crippen LogP contribution in [-0.2, 0) is 33.6 Å². The topological polar surface area (TPSA) is 0 Å². The number of hydrogen-bond acceptors (Lipinski definition) is 0. The first-order valence-corrected chi connectivity index (χ1v) is 5.55. The molecule has 0 heterocycles. The molecule has 0 bridgehead atoms. The van der Waals surface area contributed by atoms with Crippen molar-refractivity contribution in [3.8, 4) is 0 Å². The Morgan fingerprint density at radius 3 is 2.21 bits per heavy atom. The minimum absolute atomic E-state index is 0.